The zero-order chi connectivity index (χ0) is 12.3. The number of carbonyl (C=O) groups is 1. The Morgan fingerprint density at radius 1 is 1.50 bits per heavy atom. The number of hydrogen-bond acceptors (Lipinski definition) is 3. The van der Waals surface area contributed by atoms with Crippen molar-refractivity contribution in [3.05, 3.63) is 28.8 Å². The van der Waals surface area contributed by atoms with E-state index in [1.165, 1.54) is 0 Å². The Kier molecular flexibility index (Phi) is 3.90. The van der Waals surface area contributed by atoms with Crippen LogP contribution in [0.3, 0.4) is 0 Å². The first-order valence-electron chi connectivity index (χ1n) is 5.08. The van der Waals surface area contributed by atoms with Gasteiger partial charge in [0.15, 0.2) is 0 Å². The molecule has 1 unspecified atom stereocenters. The van der Waals surface area contributed by atoms with Gasteiger partial charge in [-0.05, 0) is 25.0 Å². The third kappa shape index (κ3) is 2.52. The summed E-state index contributed by atoms with van der Waals surface area (Å²) in [6.07, 6.45) is -0.0984. The molecule has 1 aromatic rings. The van der Waals surface area contributed by atoms with E-state index in [0.717, 1.165) is 16.7 Å². The van der Waals surface area contributed by atoms with Crippen LogP contribution in [0.4, 0.5) is 0 Å². The quantitative estimate of drug-likeness (QED) is 0.816. The van der Waals surface area contributed by atoms with E-state index in [1.54, 1.807) is 7.11 Å². The van der Waals surface area contributed by atoms with Crippen LogP contribution in [0.1, 0.15) is 29.2 Å². The maximum absolute atomic E-state index is 10.6. The molecule has 1 aromatic carbocycles. The van der Waals surface area contributed by atoms with Crippen molar-refractivity contribution in [3.63, 3.8) is 0 Å². The van der Waals surface area contributed by atoms with Crippen molar-refractivity contribution in [2.75, 3.05) is 7.11 Å². The molecule has 0 aliphatic rings. The molecule has 0 spiro atoms. The predicted octanol–water partition coefficient (Wildman–Crippen LogP) is 1.79. The van der Waals surface area contributed by atoms with Gasteiger partial charge in [-0.15, -0.1) is 0 Å². The second kappa shape index (κ2) is 4.99. The summed E-state index contributed by atoms with van der Waals surface area (Å²) in [6.45, 7) is 3.91. The number of benzene rings is 1. The van der Waals surface area contributed by atoms with Crippen LogP contribution in [0.25, 0.3) is 0 Å². The van der Waals surface area contributed by atoms with Gasteiger partial charge in [0.25, 0.3) is 0 Å². The fourth-order valence-electron chi connectivity index (χ4n) is 1.67. The zero-order valence-electron chi connectivity index (χ0n) is 9.78. The van der Waals surface area contributed by atoms with Gasteiger partial charge in [-0.1, -0.05) is 12.1 Å². The number of aliphatic carboxylic acids is 1. The second-order valence-corrected chi connectivity index (χ2v) is 3.83. The third-order valence-electron chi connectivity index (χ3n) is 2.71. The summed E-state index contributed by atoms with van der Waals surface area (Å²) >= 11 is 0. The standard InChI is InChI=1S/C12H17NO3/c1-7-4-5-9(10(13)6-11(14)15)12(16-3)8(7)2/h4-5,10H,6,13H2,1-3H3,(H,14,15). The number of rotatable bonds is 4. The first-order valence-corrected chi connectivity index (χ1v) is 5.08. The number of hydrogen-bond donors (Lipinski definition) is 2. The van der Waals surface area contributed by atoms with Crippen molar-refractivity contribution in [2.45, 2.75) is 26.3 Å². The number of carboxylic acids is 1. The molecule has 88 valence electrons. The summed E-state index contributed by atoms with van der Waals surface area (Å²) < 4.78 is 5.29. The Labute approximate surface area is 95.0 Å². The molecule has 0 bridgehead atoms. The second-order valence-electron chi connectivity index (χ2n) is 3.83. The van der Waals surface area contributed by atoms with E-state index in [9.17, 15) is 4.79 Å². The smallest absolute Gasteiger partial charge is 0.305 e. The van der Waals surface area contributed by atoms with E-state index in [0.29, 0.717) is 5.75 Å². The van der Waals surface area contributed by atoms with Crippen LogP contribution in [-0.4, -0.2) is 18.2 Å². The summed E-state index contributed by atoms with van der Waals surface area (Å²) in [6, 6.07) is 3.22. The van der Waals surface area contributed by atoms with E-state index in [4.69, 9.17) is 15.6 Å². The molecule has 0 amide bonds. The Bertz CT molecular complexity index is 401. The predicted molar refractivity (Wildman–Crippen MR) is 61.6 cm³/mol. The number of nitrogens with two attached hydrogens (primary N) is 1. The lowest BCUT2D eigenvalue weighted by Crippen LogP contribution is -2.16. The van der Waals surface area contributed by atoms with Crippen molar-refractivity contribution >= 4 is 5.97 Å². The molecule has 0 saturated carbocycles. The minimum Gasteiger partial charge on any atom is -0.496 e. The monoisotopic (exact) mass is 223 g/mol. The van der Waals surface area contributed by atoms with Crippen molar-refractivity contribution in [1.29, 1.82) is 0 Å². The largest absolute Gasteiger partial charge is 0.496 e. The van der Waals surface area contributed by atoms with Crippen LogP contribution in [0.2, 0.25) is 0 Å². The summed E-state index contributed by atoms with van der Waals surface area (Å²) in [5.74, 6) is -0.221. The molecule has 4 nitrogen and oxygen atoms in total. The molecule has 3 N–H and O–H groups in total. The highest BCUT2D eigenvalue weighted by Crippen LogP contribution is 2.31. The lowest BCUT2D eigenvalue weighted by atomic mass is 9.98. The van der Waals surface area contributed by atoms with Gasteiger partial charge in [0, 0.05) is 11.6 Å². The van der Waals surface area contributed by atoms with E-state index >= 15 is 0 Å². The highest BCUT2D eigenvalue weighted by Gasteiger charge is 2.17. The van der Waals surface area contributed by atoms with Crippen molar-refractivity contribution in [3.8, 4) is 5.75 Å². The molecule has 0 saturated heterocycles. The number of ether oxygens (including phenoxy) is 1. The van der Waals surface area contributed by atoms with Crippen LogP contribution in [0.15, 0.2) is 12.1 Å². The Morgan fingerprint density at radius 3 is 2.62 bits per heavy atom. The summed E-state index contributed by atoms with van der Waals surface area (Å²) in [4.78, 5) is 10.6. The minimum atomic E-state index is -0.909. The highest BCUT2D eigenvalue weighted by atomic mass is 16.5. The number of aryl methyl sites for hydroxylation is 1. The first-order chi connectivity index (χ1) is 7.47. The van der Waals surface area contributed by atoms with Gasteiger partial charge in [0.2, 0.25) is 0 Å². The van der Waals surface area contributed by atoms with Gasteiger partial charge in [0.1, 0.15) is 5.75 Å². The molecule has 1 atom stereocenters. The average Bonchev–Trinajstić information content (AvgIpc) is 2.20. The molecule has 0 aromatic heterocycles. The van der Waals surface area contributed by atoms with E-state index in [-0.39, 0.29) is 6.42 Å². The summed E-state index contributed by atoms with van der Waals surface area (Å²) in [5.41, 5.74) is 8.67. The van der Waals surface area contributed by atoms with Gasteiger partial charge in [-0.25, -0.2) is 0 Å². The molecule has 0 aliphatic heterocycles. The van der Waals surface area contributed by atoms with Crippen LogP contribution in [0, 0.1) is 13.8 Å². The summed E-state index contributed by atoms with van der Waals surface area (Å²) in [5, 5.41) is 8.71. The average molecular weight is 223 g/mol. The van der Waals surface area contributed by atoms with Gasteiger partial charge in [0.05, 0.1) is 13.5 Å². The fraction of sp³-hybridized carbons (Fsp3) is 0.417. The van der Waals surface area contributed by atoms with Crippen molar-refractivity contribution in [1.82, 2.24) is 0 Å². The molecular formula is C12H17NO3. The third-order valence-corrected chi connectivity index (χ3v) is 2.71. The van der Waals surface area contributed by atoms with Crippen LogP contribution < -0.4 is 10.5 Å². The number of methoxy groups -OCH3 is 1. The topological polar surface area (TPSA) is 72.5 Å². The lowest BCUT2D eigenvalue weighted by molar-refractivity contribution is -0.137. The molecule has 0 heterocycles. The number of carboxylic acid groups (broad SMARTS) is 1. The zero-order valence-corrected chi connectivity index (χ0v) is 9.78. The van der Waals surface area contributed by atoms with Crippen LogP contribution in [-0.2, 0) is 4.79 Å². The molecular weight excluding hydrogens is 206 g/mol. The normalized spacial score (nSPS) is 12.2. The van der Waals surface area contributed by atoms with Gasteiger partial charge in [-0.3, -0.25) is 4.79 Å². The Hall–Kier alpha value is -1.55. The van der Waals surface area contributed by atoms with Crippen LogP contribution >= 0.6 is 0 Å². The van der Waals surface area contributed by atoms with Gasteiger partial charge >= 0.3 is 5.97 Å². The molecule has 0 aliphatic carbocycles. The Morgan fingerprint density at radius 2 is 2.12 bits per heavy atom. The van der Waals surface area contributed by atoms with Crippen molar-refractivity contribution in [2.24, 2.45) is 5.73 Å². The van der Waals surface area contributed by atoms with Crippen LogP contribution in [0.5, 0.6) is 5.75 Å². The van der Waals surface area contributed by atoms with E-state index < -0.39 is 12.0 Å². The van der Waals surface area contributed by atoms with E-state index in [2.05, 4.69) is 0 Å². The molecule has 0 fully saturated rings. The fourth-order valence-corrected chi connectivity index (χ4v) is 1.67. The minimum absolute atomic E-state index is 0.0984. The maximum Gasteiger partial charge on any atom is 0.305 e. The molecule has 4 heteroatoms. The highest BCUT2D eigenvalue weighted by molar-refractivity contribution is 5.68. The Balaban J connectivity index is 3.13. The SMILES string of the molecule is COc1c(C(N)CC(=O)O)ccc(C)c1C. The van der Waals surface area contributed by atoms with E-state index in [1.807, 2.05) is 26.0 Å². The summed E-state index contributed by atoms with van der Waals surface area (Å²) in [7, 11) is 1.57. The van der Waals surface area contributed by atoms with Crippen molar-refractivity contribution < 1.29 is 14.6 Å². The molecule has 16 heavy (non-hydrogen) atoms. The molecule has 1 rings (SSSR count). The first kappa shape index (κ1) is 12.5. The van der Waals surface area contributed by atoms with Gasteiger partial charge < -0.3 is 15.6 Å². The maximum atomic E-state index is 10.6. The lowest BCUT2D eigenvalue weighted by Gasteiger charge is -2.17. The van der Waals surface area contributed by atoms with Gasteiger partial charge in [-0.2, -0.15) is 0 Å². The molecule has 0 radical (unpaired) electrons.